The summed E-state index contributed by atoms with van der Waals surface area (Å²) in [6.07, 6.45) is 5.41. The van der Waals surface area contributed by atoms with Gasteiger partial charge in [-0.1, -0.05) is 26.2 Å². The molecule has 2 nitrogen and oxygen atoms in total. The first kappa shape index (κ1) is 12.9. The number of nitrogens with one attached hydrogen (secondary N) is 1. The molecule has 1 unspecified atom stereocenters. The number of hydrogen-bond donors (Lipinski definition) is 1. The van der Waals surface area contributed by atoms with Gasteiger partial charge < -0.3 is 10.2 Å². The van der Waals surface area contributed by atoms with Crippen LogP contribution in [0.15, 0.2) is 0 Å². The van der Waals surface area contributed by atoms with Crippen LogP contribution < -0.4 is 5.32 Å². The number of unbranched alkanes of at least 4 members (excludes halogenated alkanes) is 3. The minimum atomic E-state index is 0.645. The van der Waals surface area contributed by atoms with Crippen molar-refractivity contribution < 1.29 is 0 Å². The molecule has 0 aliphatic heterocycles. The Morgan fingerprint density at radius 1 is 1.15 bits per heavy atom. The van der Waals surface area contributed by atoms with Gasteiger partial charge in [-0.25, -0.2) is 0 Å². The second kappa shape index (κ2) is 8.52. The van der Waals surface area contributed by atoms with Crippen LogP contribution >= 0.6 is 0 Å². The molecule has 0 radical (unpaired) electrons. The lowest BCUT2D eigenvalue weighted by atomic mass is 10.2. The SMILES string of the molecule is CCCCCCNCC(C)N(C)C. The predicted octanol–water partition coefficient (Wildman–Crippen LogP) is 2.11. The lowest BCUT2D eigenvalue weighted by Crippen LogP contribution is -2.35. The van der Waals surface area contributed by atoms with E-state index in [1.807, 2.05) is 0 Å². The Labute approximate surface area is 83.7 Å². The van der Waals surface area contributed by atoms with Gasteiger partial charge in [0.05, 0.1) is 0 Å². The molecule has 2 heteroatoms. The average Bonchev–Trinajstić information content (AvgIpc) is 2.10. The molecule has 13 heavy (non-hydrogen) atoms. The summed E-state index contributed by atoms with van der Waals surface area (Å²) in [5, 5.41) is 3.48. The van der Waals surface area contributed by atoms with Crippen LogP contribution in [0, 0.1) is 0 Å². The van der Waals surface area contributed by atoms with Crippen LogP contribution in [-0.2, 0) is 0 Å². The first-order chi connectivity index (χ1) is 6.18. The fraction of sp³-hybridized carbons (Fsp3) is 1.00. The van der Waals surface area contributed by atoms with Gasteiger partial charge >= 0.3 is 0 Å². The highest BCUT2D eigenvalue weighted by molar-refractivity contribution is 4.62. The number of nitrogens with zero attached hydrogens (tertiary/aromatic N) is 1. The van der Waals surface area contributed by atoms with Crippen molar-refractivity contribution in [3.05, 3.63) is 0 Å². The van der Waals surface area contributed by atoms with Crippen molar-refractivity contribution in [2.45, 2.75) is 45.6 Å². The van der Waals surface area contributed by atoms with Crippen molar-refractivity contribution in [1.29, 1.82) is 0 Å². The second-order valence-electron chi connectivity index (χ2n) is 4.08. The van der Waals surface area contributed by atoms with Gasteiger partial charge in [0, 0.05) is 12.6 Å². The van der Waals surface area contributed by atoms with Crippen LogP contribution in [0.5, 0.6) is 0 Å². The van der Waals surface area contributed by atoms with E-state index in [1.54, 1.807) is 0 Å². The van der Waals surface area contributed by atoms with E-state index >= 15 is 0 Å². The Bertz CT molecular complexity index is 102. The van der Waals surface area contributed by atoms with Crippen molar-refractivity contribution in [1.82, 2.24) is 10.2 Å². The summed E-state index contributed by atoms with van der Waals surface area (Å²) in [5.74, 6) is 0. The van der Waals surface area contributed by atoms with Crippen molar-refractivity contribution in [3.63, 3.8) is 0 Å². The smallest absolute Gasteiger partial charge is 0.0186 e. The van der Waals surface area contributed by atoms with Gasteiger partial charge in [-0.3, -0.25) is 0 Å². The lowest BCUT2D eigenvalue weighted by molar-refractivity contribution is 0.302. The molecular formula is C11H26N2. The second-order valence-corrected chi connectivity index (χ2v) is 4.08. The van der Waals surface area contributed by atoms with Crippen molar-refractivity contribution >= 4 is 0 Å². The van der Waals surface area contributed by atoms with Crippen molar-refractivity contribution in [3.8, 4) is 0 Å². The molecule has 0 aliphatic rings. The van der Waals surface area contributed by atoms with E-state index in [-0.39, 0.29) is 0 Å². The Balaban J connectivity index is 3.07. The van der Waals surface area contributed by atoms with E-state index in [9.17, 15) is 0 Å². The minimum Gasteiger partial charge on any atom is -0.315 e. The third-order valence-corrected chi connectivity index (χ3v) is 2.53. The maximum Gasteiger partial charge on any atom is 0.0186 e. The van der Waals surface area contributed by atoms with E-state index in [0.29, 0.717) is 6.04 Å². The van der Waals surface area contributed by atoms with Gasteiger partial charge in [0.25, 0.3) is 0 Å². The maximum atomic E-state index is 3.48. The van der Waals surface area contributed by atoms with Crippen molar-refractivity contribution in [2.24, 2.45) is 0 Å². The molecule has 0 rings (SSSR count). The minimum absolute atomic E-state index is 0.645. The molecule has 0 aliphatic carbocycles. The number of rotatable bonds is 8. The van der Waals surface area contributed by atoms with Gasteiger partial charge in [-0.15, -0.1) is 0 Å². The summed E-state index contributed by atoms with van der Waals surface area (Å²) in [7, 11) is 4.26. The zero-order valence-corrected chi connectivity index (χ0v) is 9.77. The zero-order valence-electron chi connectivity index (χ0n) is 9.77. The summed E-state index contributed by atoms with van der Waals surface area (Å²) in [6.45, 7) is 6.79. The van der Waals surface area contributed by atoms with Crippen LogP contribution in [-0.4, -0.2) is 38.1 Å². The molecule has 0 bridgehead atoms. The lowest BCUT2D eigenvalue weighted by Gasteiger charge is -2.19. The highest BCUT2D eigenvalue weighted by Gasteiger charge is 2.01. The van der Waals surface area contributed by atoms with E-state index in [1.165, 1.54) is 32.2 Å². The maximum absolute atomic E-state index is 3.48. The Hall–Kier alpha value is -0.0800. The summed E-state index contributed by atoms with van der Waals surface area (Å²) in [4.78, 5) is 2.25. The predicted molar refractivity (Wildman–Crippen MR) is 60.2 cm³/mol. The molecular weight excluding hydrogens is 160 g/mol. The monoisotopic (exact) mass is 186 g/mol. The normalized spacial score (nSPS) is 13.6. The largest absolute Gasteiger partial charge is 0.315 e. The molecule has 0 amide bonds. The van der Waals surface area contributed by atoms with Gasteiger partial charge in [-0.2, -0.15) is 0 Å². The molecule has 0 spiro atoms. The quantitative estimate of drug-likeness (QED) is 0.584. The summed E-state index contributed by atoms with van der Waals surface area (Å²) >= 11 is 0. The Morgan fingerprint density at radius 3 is 2.38 bits per heavy atom. The fourth-order valence-electron chi connectivity index (χ4n) is 1.17. The molecule has 0 fully saturated rings. The zero-order chi connectivity index (χ0) is 10.1. The number of likely N-dealkylation sites (N-methyl/N-ethyl adjacent to an activating group) is 1. The van der Waals surface area contributed by atoms with Crippen LogP contribution in [0.4, 0.5) is 0 Å². The van der Waals surface area contributed by atoms with Gasteiger partial charge in [0.1, 0.15) is 0 Å². The molecule has 0 saturated heterocycles. The van der Waals surface area contributed by atoms with Crippen LogP contribution in [0.2, 0.25) is 0 Å². The molecule has 0 saturated carbocycles. The standard InChI is InChI=1S/C11H26N2/c1-5-6-7-8-9-12-10-11(2)13(3)4/h11-12H,5-10H2,1-4H3. The van der Waals surface area contributed by atoms with Crippen LogP contribution in [0.25, 0.3) is 0 Å². The van der Waals surface area contributed by atoms with Crippen molar-refractivity contribution in [2.75, 3.05) is 27.2 Å². The topological polar surface area (TPSA) is 15.3 Å². The molecule has 0 aromatic rings. The Kier molecular flexibility index (Phi) is 8.46. The third kappa shape index (κ3) is 8.26. The molecule has 0 heterocycles. The van der Waals surface area contributed by atoms with Crippen LogP contribution in [0.1, 0.15) is 39.5 Å². The first-order valence-electron chi connectivity index (χ1n) is 5.55. The summed E-state index contributed by atoms with van der Waals surface area (Å²) in [5.41, 5.74) is 0. The molecule has 1 atom stereocenters. The molecule has 0 aromatic carbocycles. The molecule has 1 N–H and O–H groups in total. The van der Waals surface area contributed by atoms with E-state index in [2.05, 4.69) is 38.2 Å². The highest BCUT2D eigenvalue weighted by atomic mass is 15.1. The van der Waals surface area contributed by atoms with E-state index in [4.69, 9.17) is 0 Å². The molecule has 80 valence electrons. The average molecular weight is 186 g/mol. The van der Waals surface area contributed by atoms with Gasteiger partial charge in [0.2, 0.25) is 0 Å². The molecule has 0 aromatic heterocycles. The third-order valence-electron chi connectivity index (χ3n) is 2.53. The summed E-state index contributed by atoms with van der Waals surface area (Å²) < 4.78 is 0. The fourth-order valence-corrected chi connectivity index (χ4v) is 1.17. The first-order valence-corrected chi connectivity index (χ1v) is 5.55. The van der Waals surface area contributed by atoms with E-state index < -0.39 is 0 Å². The Morgan fingerprint density at radius 2 is 1.85 bits per heavy atom. The van der Waals surface area contributed by atoms with Crippen LogP contribution in [0.3, 0.4) is 0 Å². The van der Waals surface area contributed by atoms with E-state index in [0.717, 1.165) is 6.54 Å². The highest BCUT2D eigenvalue weighted by Crippen LogP contribution is 1.97. The van der Waals surface area contributed by atoms with Gasteiger partial charge in [-0.05, 0) is 34.0 Å². The number of hydrogen-bond acceptors (Lipinski definition) is 2. The summed E-state index contributed by atoms with van der Waals surface area (Å²) in [6, 6.07) is 0.645. The van der Waals surface area contributed by atoms with Gasteiger partial charge in [0.15, 0.2) is 0 Å².